The summed E-state index contributed by atoms with van der Waals surface area (Å²) in [5, 5.41) is 11.8. The van der Waals surface area contributed by atoms with Gasteiger partial charge in [-0.25, -0.2) is 9.97 Å². The summed E-state index contributed by atoms with van der Waals surface area (Å²) in [5.41, 5.74) is 1.78. The van der Waals surface area contributed by atoms with Crippen LogP contribution in [0, 0.1) is 6.92 Å². The van der Waals surface area contributed by atoms with E-state index in [0.717, 1.165) is 5.69 Å². The lowest BCUT2D eigenvalue weighted by Gasteiger charge is -2.01. The molecule has 7 nitrogen and oxygen atoms in total. The van der Waals surface area contributed by atoms with E-state index < -0.39 is 0 Å². The largest absolute Gasteiger partial charge is 0.392 e. The summed E-state index contributed by atoms with van der Waals surface area (Å²) in [6.07, 6.45) is 6.50. The van der Waals surface area contributed by atoms with E-state index in [1.54, 1.807) is 35.4 Å². The van der Waals surface area contributed by atoms with Gasteiger partial charge in [0.1, 0.15) is 5.69 Å². The van der Waals surface area contributed by atoms with E-state index in [1.807, 2.05) is 6.92 Å². The van der Waals surface area contributed by atoms with E-state index in [-0.39, 0.29) is 12.2 Å². The van der Waals surface area contributed by atoms with Gasteiger partial charge in [0.15, 0.2) is 5.82 Å². The Bertz CT molecular complexity index is 782. The van der Waals surface area contributed by atoms with Crippen molar-refractivity contribution < 1.29 is 5.11 Å². The maximum Gasteiger partial charge on any atom is 0.296 e. The maximum absolute atomic E-state index is 12.3. The van der Waals surface area contributed by atoms with Crippen LogP contribution in [0.2, 0.25) is 0 Å². The van der Waals surface area contributed by atoms with Crippen LogP contribution >= 0.6 is 0 Å². The summed E-state index contributed by atoms with van der Waals surface area (Å²) < 4.78 is 3.00. The molecular weight excluding hydrogens is 258 g/mol. The van der Waals surface area contributed by atoms with Crippen molar-refractivity contribution in [1.29, 1.82) is 0 Å². The molecule has 0 amide bonds. The Kier molecular flexibility index (Phi) is 2.96. The minimum Gasteiger partial charge on any atom is -0.392 e. The number of nitrogens with one attached hydrogen (secondary N) is 1. The molecule has 0 unspecified atom stereocenters. The molecule has 0 atom stereocenters. The van der Waals surface area contributed by atoms with Gasteiger partial charge < -0.3 is 5.11 Å². The average Bonchev–Trinajstić information content (AvgIpc) is 3.05. The maximum atomic E-state index is 12.3. The fraction of sp³-hybridized carbons (Fsp3) is 0.154. The van der Waals surface area contributed by atoms with Crippen LogP contribution in [0.15, 0.2) is 41.8 Å². The van der Waals surface area contributed by atoms with Crippen molar-refractivity contribution in [3.63, 3.8) is 0 Å². The van der Waals surface area contributed by atoms with Crippen LogP contribution in [0.4, 0.5) is 0 Å². The Morgan fingerprint density at radius 3 is 2.80 bits per heavy atom. The van der Waals surface area contributed by atoms with Crippen molar-refractivity contribution in [3.05, 3.63) is 58.7 Å². The van der Waals surface area contributed by atoms with E-state index >= 15 is 0 Å². The predicted molar refractivity (Wildman–Crippen MR) is 72.0 cm³/mol. The molecule has 0 aliphatic heterocycles. The van der Waals surface area contributed by atoms with Gasteiger partial charge in [0.2, 0.25) is 0 Å². The minimum atomic E-state index is -0.216. The van der Waals surface area contributed by atoms with Gasteiger partial charge in [0.05, 0.1) is 18.6 Å². The highest BCUT2D eigenvalue weighted by molar-refractivity contribution is 5.32. The number of hydrogen-bond donors (Lipinski definition) is 2. The molecule has 0 radical (unpaired) electrons. The van der Waals surface area contributed by atoms with Crippen molar-refractivity contribution >= 4 is 0 Å². The molecule has 0 spiro atoms. The van der Waals surface area contributed by atoms with Gasteiger partial charge in [-0.3, -0.25) is 14.5 Å². The first-order valence-corrected chi connectivity index (χ1v) is 6.06. The Morgan fingerprint density at radius 1 is 1.35 bits per heavy atom. The zero-order valence-corrected chi connectivity index (χ0v) is 10.8. The van der Waals surface area contributed by atoms with E-state index in [1.165, 1.54) is 10.9 Å². The number of aromatic nitrogens is 5. The topological polar surface area (TPSA) is 88.7 Å². The third-order valence-corrected chi connectivity index (χ3v) is 2.96. The number of rotatable bonds is 3. The Hall–Kier alpha value is -2.67. The molecule has 3 aromatic heterocycles. The molecule has 102 valence electrons. The van der Waals surface area contributed by atoms with Gasteiger partial charge >= 0.3 is 0 Å². The number of nitrogens with zero attached hydrogens (tertiary/aromatic N) is 4. The highest BCUT2D eigenvalue weighted by Crippen LogP contribution is 2.06. The number of hydrogen-bond acceptors (Lipinski definition) is 4. The first kappa shape index (κ1) is 12.4. The first-order chi connectivity index (χ1) is 9.69. The number of aliphatic hydroxyl groups is 1. The van der Waals surface area contributed by atoms with Gasteiger partial charge in [0.25, 0.3) is 5.56 Å². The van der Waals surface area contributed by atoms with Crippen LogP contribution < -0.4 is 5.56 Å². The summed E-state index contributed by atoms with van der Waals surface area (Å²) >= 11 is 0. The number of H-pyrrole nitrogens is 1. The molecule has 0 saturated heterocycles. The van der Waals surface area contributed by atoms with Crippen LogP contribution in [-0.2, 0) is 6.61 Å². The van der Waals surface area contributed by atoms with E-state index in [4.69, 9.17) is 5.11 Å². The quantitative estimate of drug-likeness (QED) is 0.728. The second-order valence-electron chi connectivity index (χ2n) is 4.40. The highest BCUT2D eigenvalue weighted by atomic mass is 16.3. The lowest BCUT2D eigenvalue weighted by molar-refractivity contribution is 0.281. The minimum absolute atomic E-state index is 0.0769. The molecular formula is C13H13N5O2. The molecule has 3 rings (SSSR count). The lowest BCUT2D eigenvalue weighted by atomic mass is 10.3. The summed E-state index contributed by atoms with van der Waals surface area (Å²) in [6.45, 7) is 1.78. The molecule has 3 aromatic rings. The van der Waals surface area contributed by atoms with Gasteiger partial charge in [-0.1, -0.05) is 6.07 Å². The zero-order chi connectivity index (χ0) is 14.1. The van der Waals surface area contributed by atoms with Crippen LogP contribution in [0.5, 0.6) is 0 Å². The van der Waals surface area contributed by atoms with Crippen molar-refractivity contribution in [2.24, 2.45) is 0 Å². The molecule has 3 heterocycles. The van der Waals surface area contributed by atoms with Crippen LogP contribution in [0.3, 0.4) is 0 Å². The van der Waals surface area contributed by atoms with Gasteiger partial charge in [-0.2, -0.15) is 4.68 Å². The molecule has 0 fully saturated rings. The summed E-state index contributed by atoms with van der Waals surface area (Å²) in [5.74, 6) is 0.468. The van der Waals surface area contributed by atoms with Crippen LogP contribution in [0.1, 0.15) is 11.3 Å². The zero-order valence-electron chi connectivity index (χ0n) is 10.8. The smallest absolute Gasteiger partial charge is 0.296 e. The highest BCUT2D eigenvalue weighted by Gasteiger charge is 2.10. The first-order valence-electron chi connectivity index (χ1n) is 6.06. The van der Waals surface area contributed by atoms with E-state index in [9.17, 15) is 4.79 Å². The summed E-state index contributed by atoms with van der Waals surface area (Å²) in [7, 11) is 0. The summed E-state index contributed by atoms with van der Waals surface area (Å²) in [4.78, 5) is 20.6. The monoisotopic (exact) mass is 271 g/mol. The van der Waals surface area contributed by atoms with E-state index in [0.29, 0.717) is 17.1 Å². The van der Waals surface area contributed by atoms with E-state index in [2.05, 4.69) is 15.1 Å². The van der Waals surface area contributed by atoms with Crippen LogP contribution in [0.25, 0.3) is 11.5 Å². The van der Waals surface area contributed by atoms with Crippen molar-refractivity contribution in [3.8, 4) is 11.5 Å². The SMILES string of the molecule is Cc1cn(-c2c[nH]n(-c3ccc(CO)cn3)c2=O)cn1. The standard InChI is InChI=1S/C13H13N5O2/c1-9-6-17(8-15-9)11-5-16-18(13(11)20)12-3-2-10(7-19)4-14-12/h2-6,8,16,19H,7H2,1H3. The third kappa shape index (κ3) is 2.04. The molecule has 0 aliphatic carbocycles. The van der Waals surface area contributed by atoms with Crippen LogP contribution in [-0.4, -0.2) is 29.4 Å². The third-order valence-electron chi connectivity index (χ3n) is 2.96. The van der Waals surface area contributed by atoms with Gasteiger partial charge in [-0.15, -0.1) is 0 Å². The molecule has 0 aromatic carbocycles. The Morgan fingerprint density at radius 2 is 2.20 bits per heavy atom. The molecule has 0 aliphatic rings. The molecule has 20 heavy (non-hydrogen) atoms. The number of aryl methyl sites for hydroxylation is 1. The molecule has 0 bridgehead atoms. The van der Waals surface area contributed by atoms with Crippen molar-refractivity contribution in [2.45, 2.75) is 13.5 Å². The molecule has 7 heteroatoms. The molecule has 0 saturated carbocycles. The van der Waals surface area contributed by atoms with Gasteiger partial charge in [-0.05, 0) is 18.6 Å². The van der Waals surface area contributed by atoms with Gasteiger partial charge in [0, 0.05) is 18.6 Å². The van der Waals surface area contributed by atoms with Crippen molar-refractivity contribution in [2.75, 3.05) is 0 Å². The molecule has 2 N–H and O–H groups in total. The fourth-order valence-corrected chi connectivity index (χ4v) is 1.91. The number of aromatic amines is 1. The normalized spacial score (nSPS) is 10.9. The second kappa shape index (κ2) is 4.78. The Labute approximate surface area is 114 Å². The fourth-order valence-electron chi connectivity index (χ4n) is 1.91. The number of pyridine rings is 1. The number of imidazole rings is 1. The second-order valence-corrected chi connectivity index (χ2v) is 4.40. The predicted octanol–water partition coefficient (Wildman–Crippen LogP) is 0.547. The Balaban J connectivity index is 2.03. The summed E-state index contributed by atoms with van der Waals surface area (Å²) in [6, 6.07) is 3.39. The average molecular weight is 271 g/mol. The number of aliphatic hydroxyl groups excluding tert-OH is 1. The lowest BCUT2D eigenvalue weighted by Crippen LogP contribution is -2.18. The van der Waals surface area contributed by atoms with Crippen molar-refractivity contribution in [1.82, 2.24) is 24.3 Å².